The van der Waals surface area contributed by atoms with Crippen molar-refractivity contribution < 1.29 is 27.4 Å². The minimum Gasteiger partial charge on any atom is -0.493 e. The molecule has 1 fully saturated rings. The molecule has 1 saturated heterocycles. The number of hydrogen-bond acceptors (Lipinski definition) is 8. The average Bonchev–Trinajstić information content (AvgIpc) is 3.33. The van der Waals surface area contributed by atoms with Crippen molar-refractivity contribution >= 4 is 27.1 Å². The van der Waals surface area contributed by atoms with E-state index in [9.17, 15) is 13.2 Å². The standard InChI is InChI=1S/C24H26N2O6S2/c1-17(32-23-6-4-3-5-22(23)30-2)21(27)15-24-25-20(16-33-24)18-7-9-19(10-8-18)34(28,29)26-11-13-31-14-12-26/h3-10,16-17H,11-15H2,1-2H3. The first-order valence-electron chi connectivity index (χ1n) is 10.8. The molecule has 1 unspecified atom stereocenters. The molecule has 34 heavy (non-hydrogen) atoms. The van der Waals surface area contributed by atoms with Crippen LogP contribution in [0.1, 0.15) is 11.9 Å². The van der Waals surface area contributed by atoms with Crippen molar-refractivity contribution in [2.45, 2.75) is 24.3 Å². The normalized spacial score (nSPS) is 15.6. The van der Waals surface area contributed by atoms with Gasteiger partial charge in [0, 0.05) is 24.0 Å². The number of para-hydroxylation sites is 2. The zero-order valence-electron chi connectivity index (χ0n) is 19.0. The van der Waals surface area contributed by atoms with Crippen LogP contribution in [0.25, 0.3) is 11.3 Å². The Morgan fingerprint density at radius 1 is 1.12 bits per heavy atom. The Bertz CT molecular complexity index is 1230. The van der Waals surface area contributed by atoms with Crippen molar-refractivity contribution in [1.29, 1.82) is 0 Å². The fourth-order valence-electron chi connectivity index (χ4n) is 3.52. The maximum absolute atomic E-state index is 12.8. The number of aromatic nitrogens is 1. The molecular formula is C24H26N2O6S2. The van der Waals surface area contributed by atoms with Gasteiger partial charge in [-0.2, -0.15) is 4.31 Å². The predicted octanol–water partition coefficient (Wildman–Crippen LogP) is 3.42. The molecule has 0 spiro atoms. The number of sulfonamides is 1. The summed E-state index contributed by atoms with van der Waals surface area (Å²) >= 11 is 1.38. The van der Waals surface area contributed by atoms with Gasteiger partial charge >= 0.3 is 0 Å². The summed E-state index contributed by atoms with van der Waals surface area (Å²) in [4.78, 5) is 17.5. The second-order valence-corrected chi connectivity index (χ2v) is 10.6. The van der Waals surface area contributed by atoms with Crippen LogP contribution in [0, 0.1) is 0 Å². The van der Waals surface area contributed by atoms with Crippen molar-refractivity contribution in [3.63, 3.8) is 0 Å². The number of Topliss-reactive ketones (excluding diaryl/α,β-unsaturated/α-hetero) is 1. The lowest BCUT2D eigenvalue weighted by atomic mass is 10.1. The van der Waals surface area contributed by atoms with Gasteiger partial charge in [-0.15, -0.1) is 11.3 Å². The Balaban J connectivity index is 1.40. The smallest absolute Gasteiger partial charge is 0.243 e. The number of thiazole rings is 1. The molecular weight excluding hydrogens is 476 g/mol. The van der Waals surface area contributed by atoms with Crippen LogP contribution in [0.15, 0.2) is 58.8 Å². The summed E-state index contributed by atoms with van der Waals surface area (Å²) < 4.78 is 43.3. The van der Waals surface area contributed by atoms with Gasteiger partial charge in [0.2, 0.25) is 10.0 Å². The molecule has 1 aromatic heterocycles. The third-order valence-corrected chi connectivity index (χ3v) is 8.22. The number of carbonyl (C=O) groups excluding carboxylic acids is 1. The van der Waals surface area contributed by atoms with Gasteiger partial charge in [-0.3, -0.25) is 4.79 Å². The zero-order valence-corrected chi connectivity index (χ0v) is 20.6. The van der Waals surface area contributed by atoms with Gasteiger partial charge in [0.05, 0.1) is 37.3 Å². The Morgan fingerprint density at radius 2 is 1.79 bits per heavy atom. The van der Waals surface area contributed by atoms with Crippen LogP contribution in [0.4, 0.5) is 0 Å². The second kappa shape index (κ2) is 10.6. The highest BCUT2D eigenvalue weighted by atomic mass is 32.2. The summed E-state index contributed by atoms with van der Waals surface area (Å²) in [7, 11) is -1.99. The zero-order chi connectivity index (χ0) is 24.1. The summed E-state index contributed by atoms with van der Waals surface area (Å²) in [5, 5.41) is 2.53. The van der Waals surface area contributed by atoms with E-state index >= 15 is 0 Å². The third-order valence-electron chi connectivity index (χ3n) is 5.46. The number of carbonyl (C=O) groups is 1. The fourth-order valence-corrected chi connectivity index (χ4v) is 5.74. The number of nitrogens with zero attached hydrogens (tertiary/aromatic N) is 2. The van der Waals surface area contributed by atoms with E-state index in [4.69, 9.17) is 14.2 Å². The van der Waals surface area contributed by atoms with Gasteiger partial charge in [-0.25, -0.2) is 13.4 Å². The lowest BCUT2D eigenvalue weighted by Crippen LogP contribution is -2.40. The van der Waals surface area contributed by atoms with Gasteiger partial charge in [0.1, 0.15) is 5.01 Å². The number of hydrogen-bond donors (Lipinski definition) is 0. The third kappa shape index (κ3) is 5.47. The first-order chi connectivity index (χ1) is 16.4. The minimum atomic E-state index is -3.54. The van der Waals surface area contributed by atoms with E-state index in [2.05, 4.69) is 4.98 Å². The molecule has 0 aliphatic carbocycles. The van der Waals surface area contributed by atoms with E-state index in [1.165, 1.54) is 15.6 Å². The lowest BCUT2D eigenvalue weighted by Gasteiger charge is -2.26. The topological polar surface area (TPSA) is 95.0 Å². The number of ketones is 1. The second-order valence-electron chi connectivity index (χ2n) is 7.72. The molecule has 8 nitrogen and oxygen atoms in total. The van der Waals surface area contributed by atoms with E-state index in [0.29, 0.717) is 48.5 Å². The van der Waals surface area contributed by atoms with Crippen LogP contribution < -0.4 is 9.47 Å². The Morgan fingerprint density at radius 3 is 2.47 bits per heavy atom. The SMILES string of the molecule is COc1ccccc1OC(C)C(=O)Cc1nc(-c2ccc(S(=O)(=O)N3CCOCC3)cc2)cs1. The predicted molar refractivity (Wildman–Crippen MR) is 129 cm³/mol. The lowest BCUT2D eigenvalue weighted by molar-refractivity contribution is -0.124. The van der Waals surface area contributed by atoms with Crippen molar-refractivity contribution in [3.05, 3.63) is 58.9 Å². The molecule has 180 valence electrons. The van der Waals surface area contributed by atoms with Crippen LogP contribution in [-0.4, -0.2) is 63.0 Å². The number of rotatable bonds is 9. The highest BCUT2D eigenvalue weighted by molar-refractivity contribution is 7.89. The van der Waals surface area contributed by atoms with Gasteiger partial charge in [-0.05, 0) is 31.2 Å². The quantitative estimate of drug-likeness (QED) is 0.442. The molecule has 1 aliphatic rings. The monoisotopic (exact) mass is 502 g/mol. The number of benzene rings is 2. The van der Waals surface area contributed by atoms with Crippen LogP contribution in [0.2, 0.25) is 0 Å². The summed E-state index contributed by atoms with van der Waals surface area (Å²) in [6.07, 6.45) is -0.516. The van der Waals surface area contributed by atoms with E-state index < -0.39 is 16.1 Å². The van der Waals surface area contributed by atoms with Gasteiger partial charge in [-0.1, -0.05) is 24.3 Å². The van der Waals surface area contributed by atoms with E-state index in [1.807, 2.05) is 17.5 Å². The summed E-state index contributed by atoms with van der Waals surface area (Å²) in [6.45, 7) is 3.22. The summed E-state index contributed by atoms with van der Waals surface area (Å²) in [5.41, 5.74) is 1.48. The number of methoxy groups -OCH3 is 1. The van der Waals surface area contributed by atoms with Gasteiger partial charge < -0.3 is 14.2 Å². The molecule has 0 amide bonds. The summed E-state index contributed by atoms with van der Waals surface area (Å²) in [5.74, 6) is 0.981. The number of ether oxygens (including phenoxy) is 3. The Hall–Kier alpha value is -2.79. The molecule has 1 aliphatic heterocycles. The van der Waals surface area contributed by atoms with Crippen LogP contribution >= 0.6 is 11.3 Å². The first kappa shape index (κ1) is 24.3. The van der Waals surface area contributed by atoms with Crippen LogP contribution in [-0.2, 0) is 26.0 Å². The Labute approximate surface area is 203 Å². The first-order valence-corrected chi connectivity index (χ1v) is 13.2. The molecule has 2 heterocycles. The largest absolute Gasteiger partial charge is 0.493 e. The molecule has 0 bridgehead atoms. The molecule has 1 atom stereocenters. The van der Waals surface area contributed by atoms with Crippen molar-refractivity contribution in [2.24, 2.45) is 0 Å². The fraction of sp³-hybridized carbons (Fsp3) is 0.333. The molecule has 3 aromatic rings. The van der Waals surface area contributed by atoms with Crippen LogP contribution in [0.3, 0.4) is 0 Å². The Kier molecular flexibility index (Phi) is 7.62. The van der Waals surface area contributed by atoms with E-state index in [0.717, 1.165) is 5.56 Å². The molecule has 0 N–H and O–H groups in total. The highest BCUT2D eigenvalue weighted by Gasteiger charge is 2.26. The van der Waals surface area contributed by atoms with Crippen molar-refractivity contribution in [2.75, 3.05) is 33.4 Å². The van der Waals surface area contributed by atoms with Crippen LogP contribution in [0.5, 0.6) is 11.5 Å². The molecule has 0 radical (unpaired) electrons. The molecule has 0 saturated carbocycles. The van der Waals surface area contributed by atoms with Gasteiger partial charge in [0.25, 0.3) is 0 Å². The maximum Gasteiger partial charge on any atom is 0.243 e. The van der Waals surface area contributed by atoms with E-state index in [1.54, 1.807) is 50.4 Å². The van der Waals surface area contributed by atoms with E-state index in [-0.39, 0.29) is 17.1 Å². The molecule has 4 rings (SSSR count). The van der Waals surface area contributed by atoms with Gasteiger partial charge in [0.15, 0.2) is 23.4 Å². The summed E-state index contributed by atoms with van der Waals surface area (Å²) in [6, 6.07) is 13.8. The minimum absolute atomic E-state index is 0.0984. The average molecular weight is 503 g/mol. The number of morpholine rings is 1. The van der Waals surface area contributed by atoms with Crippen molar-refractivity contribution in [1.82, 2.24) is 9.29 Å². The molecule has 2 aromatic carbocycles. The van der Waals surface area contributed by atoms with Crippen molar-refractivity contribution in [3.8, 4) is 22.8 Å². The molecule has 10 heteroatoms. The highest BCUT2D eigenvalue weighted by Crippen LogP contribution is 2.28. The maximum atomic E-state index is 12.8.